The maximum Gasteiger partial charge on any atom is 0.251 e. The van der Waals surface area contributed by atoms with Crippen LogP contribution in [0, 0.1) is 6.92 Å². The van der Waals surface area contributed by atoms with Gasteiger partial charge < -0.3 is 10.1 Å². The van der Waals surface area contributed by atoms with Crippen molar-refractivity contribution in [3.63, 3.8) is 0 Å². The molecule has 1 aromatic carbocycles. The van der Waals surface area contributed by atoms with Gasteiger partial charge in [0.15, 0.2) is 5.78 Å². The van der Waals surface area contributed by atoms with Gasteiger partial charge in [-0.05, 0) is 56.6 Å². The van der Waals surface area contributed by atoms with E-state index in [4.69, 9.17) is 4.74 Å². The van der Waals surface area contributed by atoms with Gasteiger partial charge in [0.05, 0.1) is 5.60 Å². The van der Waals surface area contributed by atoms with Gasteiger partial charge in [0.1, 0.15) is 0 Å². The molecule has 2 saturated heterocycles. The summed E-state index contributed by atoms with van der Waals surface area (Å²) in [6.45, 7) is 4.13. The van der Waals surface area contributed by atoms with Crippen LogP contribution in [0.5, 0.6) is 0 Å². The second kappa shape index (κ2) is 6.65. The van der Waals surface area contributed by atoms with E-state index in [0.29, 0.717) is 17.7 Å². The molecule has 2 aliphatic rings. The van der Waals surface area contributed by atoms with Crippen LogP contribution >= 0.6 is 11.8 Å². The largest absolute Gasteiger partial charge is 0.374 e. The number of hydrogen-bond donors (Lipinski definition) is 1. The predicted molar refractivity (Wildman–Crippen MR) is 92.3 cm³/mol. The third-order valence-corrected chi connectivity index (χ3v) is 6.00. The fourth-order valence-corrected chi connectivity index (χ4v) is 4.80. The number of amides is 1. The Hall–Kier alpha value is -1.33. The summed E-state index contributed by atoms with van der Waals surface area (Å²) in [6, 6.07) is 5.48. The lowest BCUT2D eigenvalue weighted by molar-refractivity contribution is -0.0688. The van der Waals surface area contributed by atoms with Crippen molar-refractivity contribution in [2.24, 2.45) is 0 Å². The number of Topliss-reactive ketones (excluding diaryl/α,β-unsaturated/α-hetero) is 1. The number of hydrogen-bond acceptors (Lipinski definition) is 4. The van der Waals surface area contributed by atoms with E-state index in [-0.39, 0.29) is 23.3 Å². The minimum atomic E-state index is -0.0970. The van der Waals surface area contributed by atoms with Gasteiger partial charge in [-0.1, -0.05) is 6.07 Å². The Morgan fingerprint density at radius 1 is 1.39 bits per heavy atom. The summed E-state index contributed by atoms with van der Waals surface area (Å²) < 4.78 is 5.99. The summed E-state index contributed by atoms with van der Waals surface area (Å²) in [6.07, 6.45) is 2.81. The van der Waals surface area contributed by atoms with Crippen molar-refractivity contribution in [3.8, 4) is 0 Å². The van der Waals surface area contributed by atoms with Crippen LogP contribution in [0.1, 0.15) is 52.5 Å². The third-order valence-electron chi connectivity index (χ3n) is 4.77. The minimum Gasteiger partial charge on any atom is -0.374 e. The number of aryl methyl sites for hydroxylation is 1. The Balaban J connectivity index is 1.69. The van der Waals surface area contributed by atoms with Crippen LogP contribution in [-0.2, 0) is 4.74 Å². The molecule has 1 amide bonds. The SMILES string of the molecule is CC(=O)c1cc(C(=O)N[C@H]2CCO[C@]3(CCSC3)C2)ccc1C. The van der Waals surface area contributed by atoms with E-state index in [1.165, 1.54) is 6.92 Å². The van der Waals surface area contributed by atoms with Crippen molar-refractivity contribution in [2.75, 3.05) is 18.1 Å². The Morgan fingerprint density at radius 3 is 2.91 bits per heavy atom. The van der Waals surface area contributed by atoms with Crippen LogP contribution in [-0.4, -0.2) is 41.4 Å². The summed E-state index contributed by atoms with van der Waals surface area (Å²) in [4.78, 5) is 24.2. The molecule has 124 valence electrons. The number of nitrogens with one attached hydrogen (secondary N) is 1. The van der Waals surface area contributed by atoms with Gasteiger partial charge in [-0.25, -0.2) is 0 Å². The van der Waals surface area contributed by atoms with E-state index in [1.807, 2.05) is 24.8 Å². The number of rotatable bonds is 3. The second-order valence-electron chi connectivity index (χ2n) is 6.58. The first kappa shape index (κ1) is 16.5. The Bertz CT molecular complexity index is 623. The molecule has 0 aliphatic carbocycles. The van der Waals surface area contributed by atoms with Gasteiger partial charge >= 0.3 is 0 Å². The number of carbonyl (C=O) groups excluding carboxylic acids is 2. The molecule has 3 rings (SSSR count). The molecule has 1 spiro atoms. The van der Waals surface area contributed by atoms with Crippen LogP contribution < -0.4 is 5.32 Å². The van der Waals surface area contributed by atoms with Gasteiger partial charge in [-0.2, -0.15) is 11.8 Å². The molecule has 2 fully saturated rings. The van der Waals surface area contributed by atoms with Gasteiger partial charge in [0.2, 0.25) is 0 Å². The first-order chi connectivity index (χ1) is 11.0. The molecular formula is C18H23NO3S. The van der Waals surface area contributed by atoms with E-state index in [1.54, 1.807) is 12.1 Å². The lowest BCUT2D eigenvalue weighted by Gasteiger charge is -2.38. The zero-order valence-electron chi connectivity index (χ0n) is 13.7. The number of thioether (sulfide) groups is 1. The molecule has 0 unspecified atom stereocenters. The van der Waals surface area contributed by atoms with Crippen LogP contribution in [0.15, 0.2) is 18.2 Å². The molecule has 1 N–H and O–H groups in total. The fourth-order valence-electron chi connectivity index (χ4n) is 3.43. The average Bonchev–Trinajstić information content (AvgIpc) is 2.95. The van der Waals surface area contributed by atoms with Crippen molar-refractivity contribution in [1.29, 1.82) is 0 Å². The zero-order chi connectivity index (χ0) is 16.4. The van der Waals surface area contributed by atoms with Crippen LogP contribution in [0.25, 0.3) is 0 Å². The number of benzene rings is 1. The second-order valence-corrected chi connectivity index (χ2v) is 7.69. The Morgan fingerprint density at radius 2 is 2.22 bits per heavy atom. The minimum absolute atomic E-state index is 0.00912. The van der Waals surface area contributed by atoms with E-state index in [9.17, 15) is 9.59 Å². The van der Waals surface area contributed by atoms with Crippen LogP contribution in [0.2, 0.25) is 0 Å². The standard InChI is InChI=1S/C18H23NO3S/c1-12-3-4-14(9-16(12)13(2)20)17(21)19-15-5-7-22-18(10-15)6-8-23-11-18/h3-4,9,15H,5-8,10-11H2,1-2H3,(H,19,21)/t15-,18+/m0/s1. The van der Waals surface area contributed by atoms with E-state index < -0.39 is 0 Å². The lowest BCUT2D eigenvalue weighted by atomic mass is 9.89. The normalized spacial score (nSPS) is 27.1. The monoisotopic (exact) mass is 333 g/mol. The van der Waals surface area contributed by atoms with Crippen molar-refractivity contribution < 1.29 is 14.3 Å². The van der Waals surface area contributed by atoms with E-state index in [0.717, 1.165) is 36.3 Å². The summed E-state index contributed by atoms with van der Waals surface area (Å²) in [5, 5.41) is 3.13. The van der Waals surface area contributed by atoms with Gasteiger partial charge in [-0.15, -0.1) is 0 Å². The molecule has 23 heavy (non-hydrogen) atoms. The predicted octanol–water partition coefficient (Wildman–Crippen LogP) is 2.98. The molecule has 2 heterocycles. The quantitative estimate of drug-likeness (QED) is 0.864. The highest BCUT2D eigenvalue weighted by Crippen LogP contribution is 2.38. The molecule has 0 aromatic heterocycles. The molecule has 0 radical (unpaired) electrons. The van der Waals surface area contributed by atoms with Crippen molar-refractivity contribution in [1.82, 2.24) is 5.32 Å². The molecule has 2 atom stereocenters. The van der Waals surface area contributed by atoms with Crippen LogP contribution in [0.4, 0.5) is 0 Å². The summed E-state index contributed by atoms with van der Waals surface area (Å²) in [5.41, 5.74) is 2.04. The van der Waals surface area contributed by atoms with E-state index >= 15 is 0 Å². The van der Waals surface area contributed by atoms with Crippen molar-refractivity contribution in [2.45, 2.75) is 44.8 Å². The van der Waals surface area contributed by atoms with Crippen molar-refractivity contribution >= 4 is 23.5 Å². The lowest BCUT2D eigenvalue weighted by Crippen LogP contribution is -2.48. The number of ether oxygens (including phenoxy) is 1. The number of ketones is 1. The first-order valence-corrected chi connectivity index (χ1v) is 9.29. The molecule has 4 nitrogen and oxygen atoms in total. The van der Waals surface area contributed by atoms with Gasteiger partial charge in [-0.3, -0.25) is 9.59 Å². The maximum atomic E-state index is 12.5. The molecular weight excluding hydrogens is 310 g/mol. The topological polar surface area (TPSA) is 55.4 Å². The molecule has 5 heteroatoms. The van der Waals surface area contributed by atoms with E-state index in [2.05, 4.69) is 5.32 Å². The van der Waals surface area contributed by atoms with Crippen LogP contribution in [0.3, 0.4) is 0 Å². The summed E-state index contributed by atoms with van der Waals surface area (Å²) >= 11 is 1.93. The molecule has 2 aliphatic heterocycles. The van der Waals surface area contributed by atoms with Crippen molar-refractivity contribution in [3.05, 3.63) is 34.9 Å². The highest BCUT2D eigenvalue weighted by molar-refractivity contribution is 7.99. The Kier molecular flexibility index (Phi) is 4.78. The number of carbonyl (C=O) groups is 2. The third kappa shape index (κ3) is 3.61. The first-order valence-electron chi connectivity index (χ1n) is 8.13. The zero-order valence-corrected chi connectivity index (χ0v) is 14.5. The summed E-state index contributed by atoms with van der Waals surface area (Å²) in [7, 11) is 0. The molecule has 0 bridgehead atoms. The highest BCUT2D eigenvalue weighted by atomic mass is 32.2. The van der Waals surface area contributed by atoms with Gasteiger partial charge in [0.25, 0.3) is 5.91 Å². The Labute approximate surface area is 141 Å². The maximum absolute atomic E-state index is 12.5. The fraction of sp³-hybridized carbons (Fsp3) is 0.556. The highest BCUT2D eigenvalue weighted by Gasteiger charge is 2.40. The smallest absolute Gasteiger partial charge is 0.251 e. The average molecular weight is 333 g/mol. The van der Waals surface area contributed by atoms with Gasteiger partial charge in [0, 0.05) is 29.5 Å². The molecule has 1 aromatic rings. The summed E-state index contributed by atoms with van der Waals surface area (Å²) in [5.74, 6) is 2.06. The molecule has 0 saturated carbocycles.